The van der Waals surface area contributed by atoms with Gasteiger partial charge in [0.15, 0.2) is 5.69 Å². The van der Waals surface area contributed by atoms with Crippen LogP contribution >= 0.6 is 0 Å². The Bertz CT molecular complexity index is 472. The molecule has 18 heavy (non-hydrogen) atoms. The van der Waals surface area contributed by atoms with Crippen molar-refractivity contribution < 1.29 is 36.6 Å². The second-order valence-electron chi connectivity index (χ2n) is 3.07. The molecule has 1 aromatic rings. The van der Waals surface area contributed by atoms with Crippen LogP contribution in [0.25, 0.3) is 0 Å². The lowest BCUT2D eigenvalue weighted by Crippen LogP contribution is -2.17. The zero-order valence-corrected chi connectivity index (χ0v) is 8.76. The summed E-state index contributed by atoms with van der Waals surface area (Å²) in [6.45, 7) is 0. The quantitative estimate of drug-likeness (QED) is 0.859. The van der Waals surface area contributed by atoms with Gasteiger partial charge < -0.3 is 9.84 Å². The Balaban J connectivity index is 3.64. The first-order valence-electron chi connectivity index (χ1n) is 4.35. The van der Waals surface area contributed by atoms with Crippen molar-refractivity contribution in [3.8, 4) is 5.75 Å². The second-order valence-corrected chi connectivity index (χ2v) is 3.07. The number of aromatic carboxylic acids is 1. The van der Waals surface area contributed by atoms with E-state index in [9.17, 15) is 26.7 Å². The lowest BCUT2D eigenvalue weighted by Gasteiger charge is -2.15. The third-order valence-electron chi connectivity index (χ3n) is 1.98. The highest BCUT2D eigenvalue weighted by Gasteiger charge is 2.40. The van der Waals surface area contributed by atoms with E-state index in [4.69, 9.17) is 5.11 Å². The summed E-state index contributed by atoms with van der Waals surface area (Å²) in [6.07, 6.45) is -8.03. The molecule has 1 aromatic heterocycles. The van der Waals surface area contributed by atoms with E-state index in [1.54, 1.807) is 0 Å². The molecule has 0 unspecified atom stereocenters. The van der Waals surface area contributed by atoms with Crippen LogP contribution in [0.1, 0.15) is 28.0 Å². The van der Waals surface area contributed by atoms with Gasteiger partial charge in [-0.15, -0.1) is 0 Å². The Labute approximate surface area is 97.0 Å². The maximum atomic E-state index is 12.5. The average molecular weight is 271 g/mol. The van der Waals surface area contributed by atoms with Crippen molar-refractivity contribution in [2.24, 2.45) is 0 Å². The van der Waals surface area contributed by atoms with Gasteiger partial charge in [0.05, 0.1) is 12.7 Å². The van der Waals surface area contributed by atoms with Gasteiger partial charge in [0.1, 0.15) is 11.3 Å². The first kappa shape index (κ1) is 14.1. The van der Waals surface area contributed by atoms with Crippen LogP contribution < -0.4 is 4.74 Å². The average Bonchev–Trinajstić information content (AvgIpc) is 2.25. The molecule has 100 valence electrons. The number of rotatable bonds is 3. The number of pyridine rings is 1. The van der Waals surface area contributed by atoms with Crippen molar-refractivity contribution in [1.29, 1.82) is 0 Å². The van der Waals surface area contributed by atoms with E-state index in [-0.39, 0.29) is 6.20 Å². The fourth-order valence-electron chi connectivity index (χ4n) is 1.30. The number of hydrogen-bond acceptors (Lipinski definition) is 3. The van der Waals surface area contributed by atoms with Gasteiger partial charge in [-0.1, -0.05) is 0 Å². The van der Waals surface area contributed by atoms with Gasteiger partial charge in [-0.2, -0.15) is 13.2 Å². The number of halogens is 5. The predicted octanol–water partition coefficient (Wildman–Crippen LogP) is 2.74. The van der Waals surface area contributed by atoms with Crippen LogP contribution in [0.15, 0.2) is 6.20 Å². The minimum Gasteiger partial charge on any atom is -0.495 e. The maximum Gasteiger partial charge on any atom is 0.434 e. The Kier molecular flexibility index (Phi) is 3.73. The Morgan fingerprint density at radius 2 is 2.00 bits per heavy atom. The van der Waals surface area contributed by atoms with Gasteiger partial charge in [-0.25, -0.2) is 13.6 Å². The molecule has 4 nitrogen and oxygen atoms in total. The molecule has 1 rings (SSSR count). The van der Waals surface area contributed by atoms with Gasteiger partial charge >= 0.3 is 12.1 Å². The molecule has 0 saturated heterocycles. The van der Waals surface area contributed by atoms with Crippen molar-refractivity contribution in [2.75, 3.05) is 7.11 Å². The van der Waals surface area contributed by atoms with Crippen molar-refractivity contribution in [1.82, 2.24) is 4.98 Å². The summed E-state index contributed by atoms with van der Waals surface area (Å²) < 4.78 is 66.8. The fraction of sp³-hybridized carbons (Fsp3) is 0.333. The molecule has 0 aromatic carbocycles. The number of ether oxygens (including phenoxy) is 1. The number of alkyl halides is 5. The highest BCUT2D eigenvalue weighted by Crippen LogP contribution is 2.38. The van der Waals surface area contributed by atoms with Crippen LogP contribution in [0.5, 0.6) is 5.75 Å². The molecular weight excluding hydrogens is 265 g/mol. The summed E-state index contributed by atoms with van der Waals surface area (Å²) in [5.41, 5.74) is -4.22. The van der Waals surface area contributed by atoms with Crippen LogP contribution in [-0.2, 0) is 6.18 Å². The molecule has 0 spiro atoms. The van der Waals surface area contributed by atoms with Crippen molar-refractivity contribution in [3.05, 3.63) is 23.0 Å². The van der Waals surface area contributed by atoms with Crippen LogP contribution in [0.4, 0.5) is 22.0 Å². The third kappa shape index (κ3) is 2.49. The van der Waals surface area contributed by atoms with E-state index in [1.165, 1.54) is 0 Å². The molecule has 0 aliphatic heterocycles. The van der Waals surface area contributed by atoms with E-state index < -0.39 is 41.1 Å². The fourth-order valence-corrected chi connectivity index (χ4v) is 1.30. The molecule has 0 aliphatic carbocycles. The van der Waals surface area contributed by atoms with Crippen LogP contribution in [0.2, 0.25) is 0 Å². The van der Waals surface area contributed by atoms with Crippen LogP contribution in [0, 0.1) is 0 Å². The molecule has 0 saturated carbocycles. The van der Waals surface area contributed by atoms with Gasteiger partial charge in [0.2, 0.25) is 0 Å². The zero-order chi connectivity index (χ0) is 14.1. The largest absolute Gasteiger partial charge is 0.495 e. The summed E-state index contributed by atoms with van der Waals surface area (Å²) in [4.78, 5) is 13.5. The lowest BCUT2D eigenvalue weighted by molar-refractivity contribution is -0.141. The van der Waals surface area contributed by atoms with Gasteiger partial charge in [0.25, 0.3) is 6.43 Å². The van der Waals surface area contributed by atoms with E-state index in [1.807, 2.05) is 0 Å². The number of carbonyl (C=O) groups is 1. The van der Waals surface area contributed by atoms with Gasteiger partial charge in [0, 0.05) is 6.20 Å². The monoisotopic (exact) mass is 271 g/mol. The highest BCUT2D eigenvalue weighted by molar-refractivity contribution is 5.93. The molecule has 9 heteroatoms. The van der Waals surface area contributed by atoms with E-state index >= 15 is 0 Å². The molecule has 0 fully saturated rings. The summed E-state index contributed by atoms with van der Waals surface area (Å²) >= 11 is 0. The van der Waals surface area contributed by atoms with Crippen molar-refractivity contribution >= 4 is 5.97 Å². The van der Waals surface area contributed by atoms with E-state index in [0.717, 1.165) is 7.11 Å². The smallest absolute Gasteiger partial charge is 0.434 e. The first-order valence-corrected chi connectivity index (χ1v) is 4.35. The zero-order valence-electron chi connectivity index (χ0n) is 8.76. The van der Waals surface area contributed by atoms with Gasteiger partial charge in [-0.05, 0) is 0 Å². The number of nitrogens with zero attached hydrogens (tertiary/aromatic N) is 1. The Morgan fingerprint density at radius 1 is 1.44 bits per heavy atom. The van der Waals surface area contributed by atoms with Crippen LogP contribution in [0.3, 0.4) is 0 Å². The molecule has 0 atom stereocenters. The Morgan fingerprint density at radius 3 is 2.33 bits per heavy atom. The van der Waals surface area contributed by atoms with Crippen molar-refractivity contribution in [2.45, 2.75) is 12.6 Å². The number of aromatic nitrogens is 1. The molecule has 1 N–H and O–H groups in total. The molecular formula is C9H6F5NO3. The van der Waals surface area contributed by atoms with Crippen molar-refractivity contribution in [3.63, 3.8) is 0 Å². The summed E-state index contributed by atoms with van der Waals surface area (Å²) in [5.74, 6) is -3.09. The number of hydrogen-bond donors (Lipinski definition) is 1. The first-order chi connectivity index (χ1) is 8.20. The predicted molar refractivity (Wildman–Crippen MR) is 47.7 cm³/mol. The van der Waals surface area contributed by atoms with Crippen LogP contribution in [-0.4, -0.2) is 23.2 Å². The molecule has 0 amide bonds. The number of methoxy groups -OCH3 is 1. The normalized spacial score (nSPS) is 11.7. The standard InChI is InChI=1S/C9H6F5NO3/c1-18-5-3(7(10)11)2-15-6(9(12,13)14)4(5)8(16)17/h2,7H,1H3,(H,16,17). The SMILES string of the molecule is COc1c(C(F)F)cnc(C(F)(F)F)c1C(=O)O. The molecule has 1 heterocycles. The second kappa shape index (κ2) is 4.75. The number of carboxylic acids is 1. The topological polar surface area (TPSA) is 59.4 Å². The lowest BCUT2D eigenvalue weighted by atomic mass is 10.1. The highest BCUT2D eigenvalue weighted by atomic mass is 19.4. The van der Waals surface area contributed by atoms with E-state index in [0.29, 0.717) is 0 Å². The molecule has 0 radical (unpaired) electrons. The number of carboxylic acid groups (broad SMARTS) is 1. The van der Waals surface area contributed by atoms with Gasteiger partial charge in [-0.3, -0.25) is 4.98 Å². The maximum absolute atomic E-state index is 12.5. The third-order valence-corrected chi connectivity index (χ3v) is 1.98. The van der Waals surface area contributed by atoms with E-state index in [2.05, 4.69) is 9.72 Å². The Hall–Kier alpha value is -1.93. The minimum atomic E-state index is -5.08. The molecule has 0 bridgehead atoms. The summed E-state index contributed by atoms with van der Waals surface area (Å²) in [6, 6.07) is 0. The summed E-state index contributed by atoms with van der Waals surface area (Å²) in [7, 11) is 0.799. The molecule has 0 aliphatic rings. The summed E-state index contributed by atoms with van der Waals surface area (Å²) in [5, 5.41) is 8.68. The minimum absolute atomic E-state index is 0.249.